The predicted molar refractivity (Wildman–Crippen MR) is 108 cm³/mol. The number of anilines is 2. The first-order valence-corrected chi connectivity index (χ1v) is 10.6. The van der Waals surface area contributed by atoms with Gasteiger partial charge in [-0.15, -0.1) is 0 Å². The van der Waals surface area contributed by atoms with Gasteiger partial charge in [0.25, 0.3) is 5.91 Å². The third kappa shape index (κ3) is 4.07. The maximum Gasteiger partial charge on any atom is 0.255 e. The van der Waals surface area contributed by atoms with Crippen LogP contribution in [0.3, 0.4) is 0 Å². The summed E-state index contributed by atoms with van der Waals surface area (Å²) in [6, 6.07) is 11.2. The zero-order valence-corrected chi connectivity index (χ0v) is 16.7. The molecular formula is C20H23N3O4S. The summed E-state index contributed by atoms with van der Waals surface area (Å²) < 4.78 is 26.4. The molecule has 0 radical (unpaired) electrons. The molecule has 0 spiro atoms. The summed E-state index contributed by atoms with van der Waals surface area (Å²) in [6.07, 6.45) is 1.05. The Morgan fingerprint density at radius 2 is 1.75 bits per heavy atom. The molecule has 2 aromatic carbocycles. The van der Waals surface area contributed by atoms with Crippen LogP contribution in [0.25, 0.3) is 0 Å². The molecule has 1 aliphatic heterocycles. The number of nitrogens with zero attached hydrogens (tertiary/aromatic N) is 1. The molecule has 0 bridgehead atoms. The van der Waals surface area contributed by atoms with Gasteiger partial charge in [-0.05, 0) is 54.4 Å². The van der Waals surface area contributed by atoms with E-state index in [0.29, 0.717) is 37.2 Å². The molecule has 0 atom stereocenters. The predicted octanol–water partition coefficient (Wildman–Crippen LogP) is 2.85. The Hall–Kier alpha value is -2.71. The van der Waals surface area contributed by atoms with Gasteiger partial charge >= 0.3 is 0 Å². The van der Waals surface area contributed by atoms with Crippen molar-refractivity contribution in [1.82, 2.24) is 4.31 Å². The van der Waals surface area contributed by atoms with Gasteiger partial charge in [-0.2, -0.15) is 4.31 Å². The van der Waals surface area contributed by atoms with E-state index in [9.17, 15) is 18.0 Å². The molecule has 3 rings (SSSR count). The number of amides is 2. The molecule has 1 aliphatic rings. The van der Waals surface area contributed by atoms with E-state index in [2.05, 4.69) is 10.6 Å². The minimum absolute atomic E-state index is 0.0101. The zero-order chi connectivity index (χ0) is 20.3. The second-order valence-electron chi connectivity index (χ2n) is 6.49. The fourth-order valence-electron chi connectivity index (χ4n) is 3.16. The zero-order valence-electron chi connectivity index (χ0n) is 15.9. The van der Waals surface area contributed by atoms with Gasteiger partial charge in [0.1, 0.15) is 0 Å². The highest BCUT2D eigenvalue weighted by molar-refractivity contribution is 7.89. The lowest BCUT2D eigenvalue weighted by molar-refractivity contribution is -0.116. The van der Waals surface area contributed by atoms with Crippen molar-refractivity contribution in [2.24, 2.45) is 0 Å². The van der Waals surface area contributed by atoms with Crippen LogP contribution in [-0.4, -0.2) is 37.6 Å². The van der Waals surface area contributed by atoms with E-state index in [1.165, 1.54) is 28.6 Å². The molecular weight excluding hydrogens is 378 g/mol. The van der Waals surface area contributed by atoms with E-state index in [1.807, 2.05) is 6.07 Å². The SMILES string of the molecule is CCN(CC)S(=O)(=O)c1ccc(C(=O)Nc2ccc3c(c2)CCC(=O)N3)cc1. The number of hydrogen-bond donors (Lipinski definition) is 2. The topological polar surface area (TPSA) is 95.6 Å². The van der Waals surface area contributed by atoms with E-state index in [1.54, 1.807) is 26.0 Å². The lowest BCUT2D eigenvalue weighted by Crippen LogP contribution is -2.30. The number of carbonyl (C=O) groups is 2. The van der Waals surface area contributed by atoms with E-state index in [-0.39, 0.29) is 16.7 Å². The number of hydrogen-bond acceptors (Lipinski definition) is 4. The summed E-state index contributed by atoms with van der Waals surface area (Å²) in [5.41, 5.74) is 2.72. The maximum atomic E-state index is 12.5. The van der Waals surface area contributed by atoms with Gasteiger partial charge in [0.2, 0.25) is 15.9 Å². The minimum Gasteiger partial charge on any atom is -0.326 e. The average molecular weight is 401 g/mol. The average Bonchev–Trinajstić information content (AvgIpc) is 2.69. The monoisotopic (exact) mass is 401 g/mol. The first-order valence-electron chi connectivity index (χ1n) is 9.19. The third-order valence-electron chi connectivity index (χ3n) is 4.72. The molecule has 0 saturated heterocycles. The number of benzene rings is 2. The van der Waals surface area contributed by atoms with Gasteiger partial charge in [0.05, 0.1) is 4.90 Å². The van der Waals surface area contributed by atoms with E-state index < -0.39 is 10.0 Å². The maximum absolute atomic E-state index is 12.5. The van der Waals surface area contributed by atoms with Crippen LogP contribution < -0.4 is 10.6 Å². The molecule has 0 aliphatic carbocycles. The molecule has 2 aromatic rings. The summed E-state index contributed by atoms with van der Waals surface area (Å²) in [5, 5.41) is 5.61. The molecule has 1 heterocycles. The van der Waals surface area contributed by atoms with Crippen LogP contribution in [0.4, 0.5) is 11.4 Å². The van der Waals surface area contributed by atoms with Gasteiger partial charge in [-0.25, -0.2) is 8.42 Å². The minimum atomic E-state index is -3.55. The second-order valence-corrected chi connectivity index (χ2v) is 8.43. The smallest absolute Gasteiger partial charge is 0.255 e. The van der Waals surface area contributed by atoms with Crippen molar-refractivity contribution in [3.63, 3.8) is 0 Å². The third-order valence-corrected chi connectivity index (χ3v) is 6.78. The number of rotatable bonds is 6. The number of fused-ring (bicyclic) bond motifs is 1. The normalized spacial score (nSPS) is 13.8. The van der Waals surface area contributed by atoms with Crippen molar-refractivity contribution >= 4 is 33.2 Å². The Kier molecular flexibility index (Phi) is 5.81. The summed E-state index contributed by atoms with van der Waals surface area (Å²) >= 11 is 0. The Bertz CT molecular complexity index is 997. The molecule has 0 fully saturated rings. The number of carbonyl (C=O) groups excluding carboxylic acids is 2. The lowest BCUT2D eigenvalue weighted by atomic mass is 10.0. The Morgan fingerprint density at radius 3 is 2.39 bits per heavy atom. The van der Waals surface area contributed by atoms with Gasteiger partial charge < -0.3 is 10.6 Å². The number of nitrogens with one attached hydrogen (secondary N) is 2. The fraction of sp³-hybridized carbons (Fsp3) is 0.300. The summed E-state index contributed by atoms with van der Waals surface area (Å²) in [7, 11) is -3.55. The largest absolute Gasteiger partial charge is 0.326 e. The Balaban J connectivity index is 1.74. The standard InChI is InChI=1S/C20H23N3O4S/c1-3-23(4-2)28(26,27)17-9-5-14(6-10-17)20(25)21-16-8-11-18-15(13-16)7-12-19(24)22-18/h5-6,8-11,13H,3-4,7,12H2,1-2H3,(H,21,25)(H,22,24). The van der Waals surface area contributed by atoms with Gasteiger partial charge in [-0.1, -0.05) is 13.8 Å². The van der Waals surface area contributed by atoms with Crippen molar-refractivity contribution in [1.29, 1.82) is 0 Å². The van der Waals surface area contributed by atoms with Crippen molar-refractivity contribution in [3.8, 4) is 0 Å². The van der Waals surface area contributed by atoms with Crippen molar-refractivity contribution < 1.29 is 18.0 Å². The molecule has 2 N–H and O–H groups in total. The van der Waals surface area contributed by atoms with E-state index >= 15 is 0 Å². The first kappa shape index (κ1) is 20.0. The van der Waals surface area contributed by atoms with E-state index in [4.69, 9.17) is 0 Å². The Labute approximate surface area is 164 Å². The molecule has 28 heavy (non-hydrogen) atoms. The van der Waals surface area contributed by atoms with Crippen LogP contribution in [0.15, 0.2) is 47.4 Å². The van der Waals surface area contributed by atoms with Crippen LogP contribution in [0.5, 0.6) is 0 Å². The molecule has 7 nitrogen and oxygen atoms in total. The summed E-state index contributed by atoms with van der Waals surface area (Å²) in [5.74, 6) is -0.337. The number of aryl methyl sites for hydroxylation is 1. The van der Waals surface area contributed by atoms with Gasteiger partial charge in [0, 0.05) is 36.4 Å². The first-order chi connectivity index (χ1) is 13.3. The molecule has 0 aromatic heterocycles. The summed E-state index contributed by atoms with van der Waals surface area (Å²) in [4.78, 5) is 24.1. The number of sulfonamides is 1. The van der Waals surface area contributed by atoms with Crippen molar-refractivity contribution in [2.45, 2.75) is 31.6 Å². The summed E-state index contributed by atoms with van der Waals surface area (Å²) in [6.45, 7) is 4.35. The van der Waals surface area contributed by atoms with Crippen LogP contribution in [0.1, 0.15) is 36.2 Å². The molecule has 2 amide bonds. The highest BCUT2D eigenvalue weighted by Gasteiger charge is 2.22. The molecule has 0 saturated carbocycles. The van der Waals surface area contributed by atoms with Crippen LogP contribution >= 0.6 is 0 Å². The van der Waals surface area contributed by atoms with Crippen LogP contribution in [-0.2, 0) is 21.2 Å². The van der Waals surface area contributed by atoms with Crippen LogP contribution in [0, 0.1) is 0 Å². The van der Waals surface area contributed by atoms with Crippen LogP contribution in [0.2, 0.25) is 0 Å². The molecule has 8 heteroatoms. The fourth-order valence-corrected chi connectivity index (χ4v) is 4.61. The van der Waals surface area contributed by atoms with Crippen molar-refractivity contribution in [3.05, 3.63) is 53.6 Å². The van der Waals surface area contributed by atoms with Gasteiger partial charge in [0.15, 0.2) is 0 Å². The van der Waals surface area contributed by atoms with Crippen molar-refractivity contribution in [2.75, 3.05) is 23.7 Å². The lowest BCUT2D eigenvalue weighted by Gasteiger charge is -2.18. The highest BCUT2D eigenvalue weighted by atomic mass is 32.2. The molecule has 0 unspecified atom stereocenters. The Morgan fingerprint density at radius 1 is 1.07 bits per heavy atom. The highest BCUT2D eigenvalue weighted by Crippen LogP contribution is 2.26. The van der Waals surface area contributed by atoms with Gasteiger partial charge in [-0.3, -0.25) is 9.59 Å². The second kappa shape index (κ2) is 8.12. The van der Waals surface area contributed by atoms with E-state index in [0.717, 1.165) is 11.3 Å². The molecule has 148 valence electrons. The quantitative estimate of drug-likeness (QED) is 0.778.